The van der Waals surface area contributed by atoms with Crippen molar-refractivity contribution in [2.24, 2.45) is 0 Å². The molecule has 0 bridgehead atoms. The van der Waals surface area contributed by atoms with Crippen LogP contribution in [0.25, 0.3) is 10.9 Å². The van der Waals surface area contributed by atoms with Crippen molar-refractivity contribution < 1.29 is 19.1 Å². The molecule has 3 heterocycles. The Morgan fingerprint density at radius 2 is 1.97 bits per heavy atom. The van der Waals surface area contributed by atoms with Crippen molar-refractivity contribution in [2.45, 2.75) is 37.8 Å². The Hall–Kier alpha value is -4.08. The normalized spacial score (nSPS) is 17.2. The smallest absolute Gasteiger partial charge is 0.412 e. The first kappa shape index (κ1) is 23.7. The predicted octanol–water partition coefficient (Wildman–Crippen LogP) is 3.13. The number of aryl methyl sites for hydroxylation is 1. The van der Waals surface area contributed by atoms with Crippen molar-refractivity contribution >= 4 is 34.6 Å². The van der Waals surface area contributed by atoms with Crippen LogP contribution in [0.4, 0.5) is 15.3 Å². The molecule has 2 aliphatic rings. The van der Waals surface area contributed by atoms with Crippen LogP contribution in [0.5, 0.6) is 0 Å². The van der Waals surface area contributed by atoms with E-state index in [-0.39, 0.29) is 11.9 Å². The van der Waals surface area contributed by atoms with Crippen LogP contribution in [-0.4, -0.2) is 71.3 Å². The van der Waals surface area contributed by atoms with E-state index in [2.05, 4.69) is 20.8 Å². The highest BCUT2D eigenvalue weighted by molar-refractivity contribution is 5.89. The van der Waals surface area contributed by atoms with Gasteiger partial charge in [0.1, 0.15) is 11.6 Å². The molecule has 188 valence electrons. The topological polar surface area (TPSA) is 120 Å². The molecular formula is C26H30N6O4. The highest BCUT2D eigenvalue weighted by atomic mass is 16.6. The second kappa shape index (κ2) is 9.18. The zero-order valence-corrected chi connectivity index (χ0v) is 20.6. The maximum atomic E-state index is 13.3. The number of nitrogens with zero attached hydrogens (tertiary/aromatic N) is 3. The fourth-order valence-electron chi connectivity index (χ4n) is 5.22. The van der Waals surface area contributed by atoms with Crippen LogP contribution in [-0.2, 0) is 21.6 Å². The number of carbonyl (C=O) groups excluding carboxylic acids is 3. The van der Waals surface area contributed by atoms with Crippen molar-refractivity contribution in [3.63, 3.8) is 0 Å². The highest BCUT2D eigenvalue weighted by Crippen LogP contribution is 2.43. The lowest BCUT2D eigenvalue weighted by atomic mass is 9.82. The lowest BCUT2D eigenvalue weighted by Crippen LogP contribution is -2.55. The number of H-pyrrole nitrogens is 1. The average Bonchev–Trinajstić information content (AvgIpc) is 3.33. The number of benzene rings is 2. The minimum Gasteiger partial charge on any atom is -0.438 e. The number of piperidine rings is 1. The quantitative estimate of drug-likeness (QED) is 0.519. The van der Waals surface area contributed by atoms with Gasteiger partial charge in [-0.05, 0) is 30.2 Å². The number of likely N-dealkylation sites (tertiary alicyclic amines) is 1. The summed E-state index contributed by atoms with van der Waals surface area (Å²) in [4.78, 5) is 41.6. The number of carbonyl (C=O) groups is 3. The van der Waals surface area contributed by atoms with Gasteiger partial charge in [0.15, 0.2) is 0 Å². The summed E-state index contributed by atoms with van der Waals surface area (Å²) in [6.07, 6.45) is 2.59. The van der Waals surface area contributed by atoms with Gasteiger partial charge in [0.25, 0.3) is 0 Å². The number of urea groups is 1. The molecule has 3 aromatic rings. The van der Waals surface area contributed by atoms with Crippen LogP contribution in [0.15, 0.2) is 42.6 Å². The van der Waals surface area contributed by atoms with Crippen molar-refractivity contribution in [1.29, 1.82) is 0 Å². The average molecular weight is 491 g/mol. The van der Waals surface area contributed by atoms with Crippen LogP contribution >= 0.6 is 0 Å². The van der Waals surface area contributed by atoms with E-state index >= 15 is 0 Å². The van der Waals surface area contributed by atoms with Crippen molar-refractivity contribution in [3.05, 3.63) is 59.3 Å². The number of fused-ring (bicyclic) bond motifs is 3. The first-order chi connectivity index (χ1) is 17.3. The van der Waals surface area contributed by atoms with Crippen molar-refractivity contribution in [3.8, 4) is 0 Å². The molecule has 10 nitrogen and oxygen atoms in total. The monoisotopic (exact) mass is 490 g/mol. The number of amides is 4. The van der Waals surface area contributed by atoms with Gasteiger partial charge >= 0.3 is 12.1 Å². The minimum atomic E-state index is -0.758. The van der Waals surface area contributed by atoms with Crippen LogP contribution in [0.3, 0.4) is 0 Å². The van der Waals surface area contributed by atoms with Gasteiger partial charge in [-0.3, -0.25) is 15.2 Å². The van der Waals surface area contributed by atoms with Crippen LogP contribution in [0.2, 0.25) is 0 Å². The fraction of sp³-hybridized carbons (Fsp3) is 0.385. The molecule has 0 saturated carbocycles. The Bertz CT molecular complexity index is 1320. The number of hydrogen-bond acceptors (Lipinski definition) is 5. The Kier molecular flexibility index (Phi) is 6.03. The molecule has 2 aromatic carbocycles. The Morgan fingerprint density at radius 3 is 2.72 bits per heavy atom. The van der Waals surface area contributed by atoms with Gasteiger partial charge in [-0.15, -0.1) is 0 Å². The van der Waals surface area contributed by atoms with Gasteiger partial charge in [0, 0.05) is 57.4 Å². The largest absolute Gasteiger partial charge is 0.438 e. The van der Waals surface area contributed by atoms with Crippen LogP contribution < -0.4 is 10.6 Å². The van der Waals surface area contributed by atoms with Gasteiger partial charge in [-0.2, -0.15) is 5.10 Å². The van der Waals surface area contributed by atoms with Gasteiger partial charge in [-0.25, -0.2) is 9.59 Å². The standard InChI is InChI=1S/C26H30N6O4/c1-16-12-17(13-18-15-27-30-22(16)18)14-21(23(33)31(2)3)28-24(34)32-10-8-26(9-11-32)19-6-4-5-7-20(19)29-25(35)36-26/h4-7,12-13,15,21H,8-11,14H2,1-3H3,(H,27,30)(H,28,34)(H,29,35). The molecule has 3 N–H and O–H groups in total. The lowest BCUT2D eigenvalue weighted by molar-refractivity contribution is -0.130. The molecule has 1 fully saturated rings. The van der Waals surface area contributed by atoms with Gasteiger partial charge < -0.3 is 19.9 Å². The number of anilines is 1. The third kappa shape index (κ3) is 4.34. The van der Waals surface area contributed by atoms with E-state index in [1.54, 1.807) is 25.2 Å². The third-order valence-corrected chi connectivity index (χ3v) is 7.08. The third-order valence-electron chi connectivity index (χ3n) is 7.08. The van der Waals surface area contributed by atoms with E-state index in [4.69, 9.17) is 4.74 Å². The van der Waals surface area contributed by atoms with Gasteiger partial charge in [0.2, 0.25) is 5.91 Å². The summed E-state index contributed by atoms with van der Waals surface area (Å²) in [6, 6.07) is 10.6. The summed E-state index contributed by atoms with van der Waals surface area (Å²) in [7, 11) is 3.36. The summed E-state index contributed by atoms with van der Waals surface area (Å²) in [5, 5.41) is 13.7. The molecular weight excluding hydrogens is 460 g/mol. The van der Waals surface area contributed by atoms with E-state index < -0.39 is 17.7 Å². The number of likely N-dealkylation sites (N-methyl/N-ethyl adjacent to an activating group) is 1. The van der Waals surface area contributed by atoms with E-state index in [1.807, 2.05) is 43.3 Å². The number of nitrogens with one attached hydrogen (secondary N) is 3. The molecule has 1 aromatic heterocycles. The molecule has 0 radical (unpaired) electrons. The van der Waals surface area contributed by atoms with E-state index in [1.165, 1.54) is 4.90 Å². The van der Waals surface area contributed by atoms with Crippen LogP contribution in [0, 0.1) is 6.92 Å². The molecule has 4 amide bonds. The molecule has 5 rings (SSSR count). The maximum Gasteiger partial charge on any atom is 0.412 e. The Morgan fingerprint density at radius 1 is 1.22 bits per heavy atom. The molecule has 1 spiro atoms. The Labute approximate surface area is 209 Å². The molecule has 1 unspecified atom stereocenters. The molecule has 2 aliphatic heterocycles. The molecule has 36 heavy (non-hydrogen) atoms. The van der Waals surface area contributed by atoms with Crippen molar-refractivity contribution in [1.82, 2.24) is 25.3 Å². The molecule has 1 saturated heterocycles. The highest BCUT2D eigenvalue weighted by Gasteiger charge is 2.45. The lowest BCUT2D eigenvalue weighted by Gasteiger charge is -2.44. The number of aromatic amines is 1. The second-order valence-corrected chi connectivity index (χ2v) is 9.73. The maximum absolute atomic E-state index is 13.3. The van der Waals surface area contributed by atoms with Gasteiger partial charge in [-0.1, -0.05) is 24.3 Å². The minimum absolute atomic E-state index is 0.178. The first-order valence-corrected chi connectivity index (χ1v) is 12.0. The van der Waals surface area contributed by atoms with E-state index in [0.717, 1.165) is 33.3 Å². The van der Waals surface area contributed by atoms with Crippen LogP contribution in [0.1, 0.15) is 29.5 Å². The number of ether oxygens (including phenoxy) is 1. The van der Waals surface area contributed by atoms with Crippen molar-refractivity contribution in [2.75, 3.05) is 32.5 Å². The number of aromatic nitrogens is 2. The zero-order valence-electron chi connectivity index (χ0n) is 20.6. The number of para-hydroxylation sites is 1. The summed E-state index contributed by atoms with van der Waals surface area (Å²) in [6.45, 7) is 2.79. The summed E-state index contributed by atoms with van der Waals surface area (Å²) >= 11 is 0. The molecule has 10 heteroatoms. The first-order valence-electron chi connectivity index (χ1n) is 12.0. The van der Waals surface area contributed by atoms with E-state index in [0.29, 0.717) is 32.4 Å². The molecule has 0 aliphatic carbocycles. The SMILES string of the molecule is Cc1cc(CC(NC(=O)N2CCC3(CC2)OC(=O)Nc2ccccc23)C(=O)N(C)C)cc2cn[nH]c12. The number of rotatable bonds is 4. The molecule has 1 atom stereocenters. The zero-order chi connectivity index (χ0) is 25.4. The Balaban J connectivity index is 1.30. The predicted molar refractivity (Wildman–Crippen MR) is 135 cm³/mol. The second-order valence-electron chi connectivity index (χ2n) is 9.73. The summed E-state index contributed by atoms with van der Waals surface area (Å²) in [5.74, 6) is -0.178. The fourth-order valence-corrected chi connectivity index (χ4v) is 5.22. The van der Waals surface area contributed by atoms with Gasteiger partial charge in [0.05, 0.1) is 17.4 Å². The van der Waals surface area contributed by atoms with E-state index in [9.17, 15) is 14.4 Å². The summed E-state index contributed by atoms with van der Waals surface area (Å²) in [5.41, 5.74) is 3.84. The number of hydrogen-bond donors (Lipinski definition) is 3. The summed E-state index contributed by atoms with van der Waals surface area (Å²) < 4.78 is 5.76.